The molecule has 0 spiro atoms. The Morgan fingerprint density at radius 3 is 2.88 bits per heavy atom. The zero-order valence-corrected chi connectivity index (χ0v) is 10.7. The Balaban J connectivity index is 1.98. The monoisotopic (exact) mass is 236 g/mol. The van der Waals surface area contributed by atoms with Crippen LogP contribution < -0.4 is 10.6 Å². The summed E-state index contributed by atoms with van der Waals surface area (Å²) in [5.74, 6) is 1.86. The molecular weight excluding hydrogens is 216 g/mol. The van der Waals surface area contributed by atoms with Crippen LogP contribution in [0.1, 0.15) is 42.9 Å². The summed E-state index contributed by atoms with van der Waals surface area (Å²) in [5, 5.41) is 6.23. The lowest BCUT2D eigenvalue weighted by molar-refractivity contribution is -0.123. The van der Waals surface area contributed by atoms with Gasteiger partial charge in [-0.2, -0.15) is 0 Å². The molecule has 1 unspecified atom stereocenters. The molecule has 1 saturated heterocycles. The Hall–Kier alpha value is -1.29. The first kappa shape index (κ1) is 12.2. The SMILES string of the molecule is Cc1cc(C(C)NC(=O)[C@H]2CCCN2)c(C)o1. The summed E-state index contributed by atoms with van der Waals surface area (Å²) in [5.41, 5.74) is 1.06. The van der Waals surface area contributed by atoms with E-state index < -0.39 is 0 Å². The molecule has 1 aliphatic rings. The van der Waals surface area contributed by atoms with Crippen LogP contribution in [-0.2, 0) is 4.79 Å². The van der Waals surface area contributed by atoms with Gasteiger partial charge in [0.25, 0.3) is 0 Å². The van der Waals surface area contributed by atoms with E-state index in [-0.39, 0.29) is 18.0 Å². The topological polar surface area (TPSA) is 54.3 Å². The number of carbonyl (C=O) groups excluding carboxylic acids is 1. The van der Waals surface area contributed by atoms with Gasteiger partial charge in [0, 0.05) is 5.56 Å². The smallest absolute Gasteiger partial charge is 0.237 e. The lowest BCUT2D eigenvalue weighted by Gasteiger charge is -2.16. The predicted molar refractivity (Wildman–Crippen MR) is 65.8 cm³/mol. The predicted octanol–water partition coefficient (Wildman–Crippen LogP) is 1.83. The number of hydrogen-bond acceptors (Lipinski definition) is 3. The van der Waals surface area contributed by atoms with E-state index in [4.69, 9.17) is 4.42 Å². The van der Waals surface area contributed by atoms with Gasteiger partial charge in [-0.25, -0.2) is 0 Å². The molecule has 0 aromatic carbocycles. The van der Waals surface area contributed by atoms with Crippen LogP contribution in [0.3, 0.4) is 0 Å². The van der Waals surface area contributed by atoms with Crippen molar-refractivity contribution in [3.63, 3.8) is 0 Å². The first-order chi connectivity index (χ1) is 8.08. The highest BCUT2D eigenvalue weighted by atomic mass is 16.3. The number of furan rings is 1. The Kier molecular flexibility index (Phi) is 3.52. The second kappa shape index (κ2) is 4.92. The molecule has 17 heavy (non-hydrogen) atoms. The van der Waals surface area contributed by atoms with Crippen molar-refractivity contribution in [1.29, 1.82) is 0 Å². The van der Waals surface area contributed by atoms with Gasteiger partial charge < -0.3 is 15.1 Å². The number of hydrogen-bond donors (Lipinski definition) is 2. The third-order valence-electron chi connectivity index (χ3n) is 3.28. The normalized spacial score (nSPS) is 21.5. The van der Waals surface area contributed by atoms with Gasteiger partial charge in [-0.15, -0.1) is 0 Å². The van der Waals surface area contributed by atoms with Gasteiger partial charge in [0.15, 0.2) is 0 Å². The fourth-order valence-corrected chi connectivity index (χ4v) is 2.38. The van der Waals surface area contributed by atoms with Gasteiger partial charge in [-0.3, -0.25) is 4.79 Å². The third kappa shape index (κ3) is 2.69. The molecule has 0 bridgehead atoms. The largest absolute Gasteiger partial charge is 0.466 e. The lowest BCUT2D eigenvalue weighted by Crippen LogP contribution is -2.41. The van der Waals surface area contributed by atoms with Crippen molar-refractivity contribution >= 4 is 5.91 Å². The minimum atomic E-state index is -0.0224. The maximum atomic E-state index is 11.9. The summed E-state index contributed by atoms with van der Waals surface area (Å²) in [7, 11) is 0. The van der Waals surface area contributed by atoms with Gasteiger partial charge in [0.1, 0.15) is 11.5 Å². The molecule has 0 radical (unpaired) electrons. The minimum absolute atomic E-state index is 0.00218. The highest BCUT2D eigenvalue weighted by molar-refractivity contribution is 5.82. The van der Waals surface area contributed by atoms with Crippen molar-refractivity contribution in [2.24, 2.45) is 0 Å². The Labute approximate surface area is 102 Å². The molecule has 2 atom stereocenters. The summed E-state index contributed by atoms with van der Waals surface area (Å²) in [4.78, 5) is 11.9. The molecule has 94 valence electrons. The summed E-state index contributed by atoms with van der Waals surface area (Å²) in [6, 6.07) is 1.97. The molecule has 2 rings (SSSR count). The first-order valence-corrected chi connectivity index (χ1v) is 6.18. The Bertz CT molecular complexity index is 406. The maximum absolute atomic E-state index is 11.9. The molecule has 1 aromatic rings. The van der Waals surface area contributed by atoms with E-state index in [9.17, 15) is 4.79 Å². The standard InChI is InChI=1S/C13H20N2O2/c1-8-7-11(10(3)17-8)9(2)15-13(16)12-5-4-6-14-12/h7,9,12,14H,4-6H2,1-3H3,(H,15,16)/t9?,12-/m1/s1. The quantitative estimate of drug-likeness (QED) is 0.841. The Morgan fingerprint density at radius 1 is 1.59 bits per heavy atom. The molecule has 2 N–H and O–H groups in total. The average Bonchev–Trinajstić information content (AvgIpc) is 2.87. The van der Waals surface area contributed by atoms with Crippen LogP contribution >= 0.6 is 0 Å². The average molecular weight is 236 g/mol. The number of carbonyl (C=O) groups is 1. The maximum Gasteiger partial charge on any atom is 0.237 e. The van der Waals surface area contributed by atoms with Gasteiger partial charge >= 0.3 is 0 Å². The fourth-order valence-electron chi connectivity index (χ4n) is 2.38. The van der Waals surface area contributed by atoms with Crippen molar-refractivity contribution in [3.05, 3.63) is 23.2 Å². The van der Waals surface area contributed by atoms with Crippen LogP contribution in [0.2, 0.25) is 0 Å². The van der Waals surface area contributed by atoms with Crippen LogP contribution in [0.15, 0.2) is 10.5 Å². The van der Waals surface area contributed by atoms with Crippen molar-refractivity contribution in [2.45, 2.75) is 45.7 Å². The first-order valence-electron chi connectivity index (χ1n) is 6.18. The van der Waals surface area contributed by atoms with Crippen LogP contribution in [0.4, 0.5) is 0 Å². The van der Waals surface area contributed by atoms with E-state index in [1.54, 1.807) is 0 Å². The molecule has 1 amide bonds. The molecule has 4 nitrogen and oxygen atoms in total. The van der Waals surface area contributed by atoms with Crippen molar-refractivity contribution in [3.8, 4) is 0 Å². The third-order valence-corrected chi connectivity index (χ3v) is 3.28. The highest BCUT2D eigenvalue weighted by Crippen LogP contribution is 2.21. The lowest BCUT2D eigenvalue weighted by atomic mass is 10.1. The minimum Gasteiger partial charge on any atom is -0.466 e. The number of nitrogens with one attached hydrogen (secondary N) is 2. The van der Waals surface area contributed by atoms with Crippen molar-refractivity contribution < 1.29 is 9.21 Å². The van der Waals surface area contributed by atoms with Crippen LogP contribution in [0.5, 0.6) is 0 Å². The molecule has 4 heteroatoms. The second-order valence-corrected chi connectivity index (χ2v) is 4.75. The van der Waals surface area contributed by atoms with Crippen LogP contribution in [-0.4, -0.2) is 18.5 Å². The summed E-state index contributed by atoms with van der Waals surface area (Å²) in [6.07, 6.45) is 2.01. The highest BCUT2D eigenvalue weighted by Gasteiger charge is 2.24. The van der Waals surface area contributed by atoms with Gasteiger partial charge in [0.05, 0.1) is 12.1 Å². The number of aryl methyl sites for hydroxylation is 2. The van der Waals surface area contributed by atoms with E-state index >= 15 is 0 Å². The molecule has 1 fully saturated rings. The number of rotatable bonds is 3. The van der Waals surface area contributed by atoms with E-state index in [0.717, 1.165) is 36.5 Å². The van der Waals surface area contributed by atoms with Crippen LogP contribution in [0, 0.1) is 13.8 Å². The zero-order valence-electron chi connectivity index (χ0n) is 10.7. The van der Waals surface area contributed by atoms with Crippen molar-refractivity contribution in [2.75, 3.05) is 6.54 Å². The fraction of sp³-hybridized carbons (Fsp3) is 0.615. The van der Waals surface area contributed by atoms with Gasteiger partial charge in [-0.05, 0) is 46.2 Å². The molecule has 0 aliphatic carbocycles. The van der Waals surface area contributed by atoms with Gasteiger partial charge in [-0.1, -0.05) is 0 Å². The van der Waals surface area contributed by atoms with Gasteiger partial charge in [0.2, 0.25) is 5.91 Å². The molecule has 0 saturated carbocycles. The molecular formula is C13H20N2O2. The zero-order chi connectivity index (χ0) is 12.4. The van der Waals surface area contributed by atoms with E-state index in [0.29, 0.717) is 0 Å². The number of amides is 1. The summed E-state index contributed by atoms with van der Waals surface area (Å²) in [6.45, 7) is 6.78. The second-order valence-electron chi connectivity index (χ2n) is 4.75. The van der Waals surface area contributed by atoms with E-state index in [1.165, 1.54) is 0 Å². The summed E-state index contributed by atoms with van der Waals surface area (Å²) >= 11 is 0. The van der Waals surface area contributed by atoms with Crippen molar-refractivity contribution in [1.82, 2.24) is 10.6 Å². The van der Waals surface area contributed by atoms with E-state index in [2.05, 4.69) is 10.6 Å². The molecule has 1 aromatic heterocycles. The molecule has 2 heterocycles. The van der Waals surface area contributed by atoms with Crippen LogP contribution in [0.25, 0.3) is 0 Å². The molecule has 1 aliphatic heterocycles. The van der Waals surface area contributed by atoms with E-state index in [1.807, 2.05) is 26.8 Å². The summed E-state index contributed by atoms with van der Waals surface area (Å²) < 4.78 is 5.48. The Morgan fingerprint density at radius 2 is 2.35 bits per heavy atom.